The summed E-state index contributed by atoms with van der Waals surface area (Å²) in [5.41, 5.74) is 0. The van der Waals surface area contributed by atoms with E-state index >= 15 is 0 Å². The molecule has 1 atom stereocenters. The molecule has 9 nitrogen and oxygen atoms in total. The number of rotatable bonds is 3. The van der Waals surface area contributed by atoms with Crippen molar-refractivity contribution in [1.82, 2.24) is 29.9 Å². The third-order valence-corrected chi connectivity index (χ3v) is 6.60. The quantitative estimate of drug-likeness (QED) is 0.741. The Morgan fingerprint density at radius 1 is 1.07 bits per heavy atom. The second-order valence-corrected chi connectivity index (χ2v) is 8.29. The Balaban J connectivity index is 1.31. The van der Waals surface area contributed by atoms with Gasteiger partial charge in [0.25, 0.3) is 5.91 Å². The minimum Gasteiger partial charge on any atom is -0.393 e. The Hall–Kier alpha value is -2.00. The van der Waals surface area contributed by atoms with Crippen LogP contribution in [0.2, 0.25) is 0 Å². The molecule has 2 N–H and O–H groups in total. The summed E-state index contributed by atoms with van der Waals surface area (Å²) in [4.78, 5) is 29.4. The van der Waals surface area contributed by atoms with E-state index in [1.165, 1.54) is 6.42 Å². The molecular weight excluding hydrogens is 348 g/mol. The zero-order chi connectivity index (χ0) is 18.5. The fourth-order valence-corrected chi connectivity index (χ4v) is 4.56. The second kappa shape index (κ2) is 6.56. The number of fused-ring (bicyclic) bond motifs is 3. The minimum absolute atomic E-state index is 0.0146. The molecule has 146 valence electrons. The van der Waals surface area contributed by atoms with E-state index in [4.69, 9.17) is 0 Å². The zero-order valence-electron chi connectivity index (χ0n) is 15.4. The highest BCUT2D eigenvalue weighted by Gasteiger charge is 2.41. The smallest absolute Gasteiger partial charge is 0.289 e. The van der Waals surface area contributed by atoms with Crippen molar-refractivity contribution in [2.75, 3.05) is 26.2 Å². The summed E-state index contributed by atoms with van der Waals surface area (Å²) < 4.78 is 1.93. The topological polar surface area (TPSA) is 104 Å². The highest BCUT2D eigenvalue weighted by molar-refractivity contribution is 5.91. The molecule has 2 aliphatic heterocycles. The molecule has 0 radical (unpaired) electrons. The average molecular weight is 374 g/mol. The Kier molecular flexibility index (Phi) is 4.16. The third-order valence-electron chi connectivity index (χ3n) is 6.60. The first kappa shape index (κ1) is 17.1. The Morgan fingerprint density at radius 2 is 1.85 bits per heavy atom. The minimum atomic E-state index is -0.324. The van der Waals surface area contributed by atoms with Crippen LogP contribution in [0.15, 0.2) is 0 Å². The van der Waals surface area contributed by atoms with Crippen LogP contribution in [0.5, 0.6) is 0 Å². The Bertz CT molecular complexity index is 754. The second-order valence-electron chi connectivity index (χ2n) is 8.29. The molecule has 1 saturated heterocycles. The molecule has 3 heterocycles. The van der Waals surface area contributed by atoms with E-state index in [9.17, 15) is 14.7 Å². The van der Waals surface area contributed by atoms with Crippen molar-refractivity contribution >= 4 is 11.8 Å². The zero-order valence-corrected chi connectivity index (χ0v) is 15.4. The van der Waals surface area contributed by atoms with Crippen molar-refractivity contribution in [3.8, 4) is 0 Å². The van der Waals surface area contributed by atoms with Crippen molar-refractivity contribution in [3.63, 3.8) is 0 Å². The largest absolute Gasteiger partial charge is 0.393 e. The van der Waals surface area contributed by atoms with E-state index in [0.29, 0.717) is 38.3 Å². The molecule has 9 heteroatoms. The number of hydrogen-bond acceptors (Lipinski definition) is 6. The molecule has 0 spiro atoms. The Labute approximate surface area is 157 Å². The van der Waals surface area contributed by atoms with E-state index in [1.807, 2.05) is 9.47 Å². The van der Waals surface area contributed by atoms with Gasteiger partial charge < -0.3 is 19.9 Å². The number of aromatic nitrogens is 3. The van der Waals surface area contributed by atoms with Crippen molar-refractivity contribution in [2.45, 2.75) is 56.8 Å². The summed E-state index contributed by atoms with van der Waals surface area (Å²) >= 11 is 0. The Morgan fingerprint density at radius 3 is 2.56 bits per heavy atom. The summed E-state index contributed by atoms with van der Waals surface area (Å²) in [7, 11) is 0. The molecule has 4 aliphatic rings. The van der Waals surface area contributed by atoms with Gasteiger partial charge in [-0.1, -0.05) is 0 Å². The van der Waals surface area contributed by atoms with Crippen molar-refractivity contribution in [2.24, 2.45) is 5.92 Å². The van der Waals surface area contributed by atoms with Gasteiger partial charge in [-0.25, -0.2) is 0 Å². The SMILES string of the molecule is O=C(NC1CCC1)c1nnc2n1CCN1CCN(C(=O)C3CC(O)C3)C[C@H]21. The lowest BCUT2D eigenvalue weighted by Gasteiger charge is -2.45. The first-order valence-electron chi connectivity index (χ1n) is 10.0. The predicted molar refractivity (Wildman–Crippen MR) is 94.8 cm³/mol. The summed E-state index contributed by atoms with van der Waals surface area (Å²) in [6, 6.07) is 0.255. The first-order chi connectivity index (χ1) is 13.1. The average Bonchev–Trinajstić information content (AvgIpc) is 3.05. The summed E-state index contributed by atoms with van der Waals surface area (Å²) in [6.07, 6.45) is 4.07. The number of carbonyl (C=O) groups is 2. The van der Waals surface area contributed by atoms with Gasteiger partial charge in [0.2, 0.25) is 11.7 Å². The van der Waals surface area contributed by atoms with Crippen LogP contribution in [0.4, 0.5) is 0 Å². The number of nitrogens with one attached hydrogen (secondary N) is 1. The van der Waals surface area contributed by atoms with E-state index in [1.54, 1.807) is 0 Å². The highest BCUT2D eigenvalue weighted by Crippen LogP contribution is 2.33. The van der Waals surface area contributed by atoms with Crippen LogP contribution in [-0.4, -0.2) is 79.8 Å². The lowest BCUT2D eigenvalue weighted by atomic mass is 9.81. The number of aliphatic hydroxyl groups is 1. The van der Waals surface area contributed by atoms with Crippen LogP contribution in [0.25, 0.3) is 0 Å². The van der Waals surface area contributed by atoms with Crippen LogP contribution in [-0.2, 0) is 11.3 Å². The third kappa shape index (κ3) is 2.93. The van der Waals surface area contributed by atoms with E-state index < -0.39 is 0 Å². The van der Waals surface area contributed by atoms with Gasteiger partial charge in [0.15, 0.2) is 5.82 Å². The van der Waals surface area contributed by atoms with E-state index in [0.717, 1.165) is 31.8 Å². The number of nitrogens with zero attached hydrogens (tertiary/aromatic N) is 5. The van der Waals surface area contributed by atoms with Crippen molar-refractivity contribution < 1.29 is 14.7 Å². The molecule has 2 aliphatic carbocycles. The maximum atomic E-state index is 12.7. The maximum absolute atomic E-state index is 12.7. The molecule has 27 heavy (non-hydrogen) atoms. The number of carbonyl (C=O) groups excluding carboxylic acids is 2. The van der Waals surface area contributed by atoms with Crippen LogP contribution < -0.4 is 5.32 Å². The van der Waals surface area contributed by atoms with Gasteiger partial charge in [-0.15, -0.1) is 10.2 Å². The molecule has 1 aromatic heterocycles. The predicted octanol–water partition coefficient (Wildman–Crippen LogP) is -0.470. The van der Waals surface area contributed by atoms with Crippen LogP contribution >= 0.6 is 0 Å². The first-order valence-corrected chi connectivity index (χ1v) is 10.0. The molecule has 0 unspecified atom stereocenters. The molecule has 2 saturated carbocycles. The fraction of sp³-hybridized carbons (Fsp3) is 0.778. The molecular formula is C18H26N6O3. The lowest BCUT2D eigenvalue weighted by molar-refractivity contribution is -0.146. The van der Waals surface area contributed by atoms with Crippen molar-refractivity contribution in [3.05, 3.63) is 11.6 Å². The summed E-state index contributed by atoms with van der Waals surface area (Å²) in [6.45, 7) is 3.64. The molecule has 0 bridgehead atoms. The van der Waals surface area contributed by atoms with Gasteiger partial charge in [0.1, 0.15) is 0 Å². The van der Waals surface area contributed by atoms with Gasteiger partial charge in [0, 0.05) is 44.7 Å². The van der Waals surface area contributed by atoms with Gasteiger partial charge in [0.05, 0.1) is 12.1 Å². The number of amides is 2. The van der Waals surface area contributed by atoms with E-state index in [2.05, 4.69) is 20.4 Å². The molecule has 0 aromatic carbocycles. The standard InChI is InChI=1S/C18H26N6O3/c25-13-8-11(9-13)18(27)23-5-4-22-6-7-24-15(14(22)10-23)20-21-16(24)17(26)19-12-2-1-3-12/h11-14,25H,1-10H2,(H,19,26)/t11?,13?,14-/m1/s1. The van der Waals surface area contributed by atoms with Gasteiger partial charge in [-0.05, 0) is 32.1 Å². The number of hydrogen-bond donors (Lipinski definition) is 2. The highest BCUT2D eigenvalue weighted by atomic mass is 16.3. The summed E-state index contributed by atoms with van der Waals surface area (Å²) in [5, 5.41) is 21.0. The molecule has 1 aromatic rings. The molecule has 3 fully saturated rings. The van der Waals surface area contributed by atoms with Crippen molar-refractivity contribution in [1.29, 1.82) is 0 Å². The molecule has 2 amide bonds. The maximum Gasteiger partial charge on any atom is 0.289 e. The molecule has 5 rings (SSSR count). The van der Waals surface area contributed by atoms with E-state index in [-0.39, 0.29) is 35.9 Å². The fourth-order valence-electron chi connectivity index (χ4n) is 4.56. The van der Waals surface area contributed by atoms with Gasteiger partial charge >= 0.3 is 0 Å². The number of aliphatic hydroxyl groups excluding tert-OH is 1. The monoisotopic (exact) mass is 374 g/mol. The van der Waals surface area contributed by atoms with Gasteiger partial charge in [-0.3, -0.25) is 14.5 Å². The lowest BCUT2D eigenvalue weighted by Crippen LogP contribution is -2.56. The normalized spacial score (nSPS) is 30.7. The summed E-state index contributed by atoms with van der Waals surface area (Å²) in [5.74, 6) is 1.13. The van der Waals surface area contributed by atoms with Crippen LogP contribution in [0.1, 0.15) is 54.6 Å². The van der Waals surface area contributed by atoms with Crippen LogP contribution in [0.3, 0.4) is 0 Å². The van der Waals surface area contributed by atoms with Crippen LogP contribution in [0, 0.1) is 5.92 Å². The number of piperazine rings is 1. The van der Waals surface area contributed by atoms with Gasteiger partial charge in [-0.2, -0.15) is 0 Å².